The Kier molecular flexibility index (Phi) is 7.71. The summed E-state index contributed by atoms with van der Waals surface area (Å²) in [6, 6.07) is 12.3. The summed E-state index contributed by atoms with van der Waals surface area (Å²) in [7, 11) is 1.59. The van der Waals surface area contributed by atoms with Crippen molar-refractivity contribution in [3.05, 3.63) is 128 Å². The molecule has 1 unspecified atom stereocenters. The summed E-state index contributed by atoms with van der Waals surface area (Å²) in [5.41, 5.74) is 4.62. The zero-order valence-corrected chi connectivity index (χ0v) is 28.4. The number of dihydropyridines is 1. The minimum absolute atomic E-state index is 0.0732. The Bertz CT molecular complexity index is 2410. The van der Waals surface area contributed by atoms with Crippen LogP contribution in [0.5, 0.6) is 5.75 Å². The second-order valence-electron chi connectivity index (χ2n) is 13.8. The molecule has 4 aliphatic rings. The first-order valence-electron chi connectivity index (χ1n) is 17.4. The van der Waals surface area contributed by atoms with Gasteiger partial charge < -0.3 is 29.1 Å². The van der Waals surface area contributed by atoms with E-state index in [1.165, 1.54) is 22.7 Å². The van der Waals surface area contributed by atoms with E-state index >= 15 is 0 Å². The van der Waals surface area contributed by atoms with E-state index in [1.807, 2.05) is 18.2 Å². The molecule has 15 heteroatoms. The normalized spacial score (nSPS) is 21.0. The molecule has 5 aromatic rings. The topological polar surface area (TPSA) is 130 Å². The Morgan fingerprint density at radius 1 is 1.06 bits per heavy atom. The number of aryl methyl sites for hydroxylation is 1. The zero-order chi connectivity index (χ0) is 36.6. The van der Waals surface area contributed by atoms with E-state index in [1.54, 1.807) is 24.1 Å². The average molecular weight is 728 g/mol. The number of carbonyl (C=O) groups is 1. The highest BCUT2D eigenvalue weighted by Gasteiger charge is 2.50. The quantitative estimate of drug-likeness (QED) is 0.160. The number of alkyl halides is 3. The number of pyridine rings is 1. The molecule has 272 valence electrons. The first-order valence-corrected chi connectivity index (χ1v) is 17.4. The van der Waals surface area contributed by atoms with Crippen LogP contribution in [0.4, 0.5) is 23.2 Å². The maximum Gasteiger partial charge on any atom is 0.434 e. The van der Waals surface area contributed by atoms with Gasteiger partial charge in [0.1, 0.15) is 11.6 Å². The van der Waals surface area contributed by atoms with Crippen LogP contribution in [0.15, 0.2) is 87.1 Å². The second kappa shape index (κ2) is 12.4. The third kappa shape index (κ3) is 5.56. The van der Waals surface area contributed by atoms with E-state index in [9.17, 15) is 27.2 Å². The number of anilines is 1. The molecular formula is C38H33F4N7O4. The Hall–Kier alpha value is -5.86. The molecule has 3 aromatic heterocycles. The number of nitrogens with one attached hydrogen (secondary N) is 3. The lowest BCUT2D eigenvalue weighted by molar-refractivity contribution is -0.137. The van der Waals surface area contributed by atoms with Crippen LogP contribution in [-0.2, 0) is 23.8 Å². The second-order valence-corrected chi connectivity index (χ2v) is 13.8. The minimum atomic E-state index is -4.67. The van der Waals surface area contributed by atoms with Crippen LogP contribution >= 0.6 is 0 Å². The number of carbonyl (C=O) groups excluding carboxylic acids is 1. The highest BCUT2D eigenvalue weighted by Crippen LogP contribution is 2.50. The minimum Gasteiger partial charge on any atom is -0.496 e. The first-order chi connectivity index (χ1) is 25.6. The number of aromatic amines is 1. The van der Waals surface area contributed by atoms with Gasteiger partial charge in [0.2, 0.25) is 5.89 Å². The van der Waals surface area contributed by atoms with Crippen LogP contribution in [0.2, 0.25) is 0 Å². The molecule has 3 atom stereocenters. The smallest absolute Gasteiger partial charge is 0.434 e. The Morgan fingerprint density at radius 3 is 2.64 bits per heavy atom. The SMILES string of the molecule is COc1cccc2c1CC[C@H]2Nc1cc(C(F)(F)F)cn2cc(C3C4=C(NC(CCc5ccc(F)cc5)=C3c3n[nH]c(=O)o3)[C@@H]3CCCN3C4=O)nc12. The molecule has 3 N–H and O–H groups in total. The molecule has 1 aliphatic carbocycles. The zero-order valence-electron chi connectivity index (χ0n) is 28.4. The van der Waals surface area contributed by atoms with E-state index in [0.717, 1.165) is 47.5 Å². The number of rotatable bonds is 8. The number of benzene rings is 2. The van der Waals surface area contributed by atoms with Gasteiger partial charge >= 0.3 is 11.9 Å². The molecule has 0 spiro atoms. The molecule has 0 radical (unpaired) electrons. The molecule has 9 rings (SSSR count). The maximum absolute atomic E-state index is 14.4. The monoisotopic (exact) mass is 727 g/mol. The lowest BCUT2D eigenvalue weighted by Crippen LogP contribution is -2.32. The van der Waals surface area contributed by atoms with Gasteiger partial charge in [-0.2, -0.15) is 13.2 Å². The fourth-order valence-electron chi connectivity index (χ4n) is 8.42. The van der Waals surface area contributed by atoms with Crippen molar-refractivity contribution >= 4 is 22.8 Å². The standard InChI is InChI=1S/C38H33F4N7O4/c1-52-29-6-2-4-22-23(29)12-14-24(22)43-26-16-20(38(40,41)42)17-48-18-27(45-34(26)48)30-31(35-46-47-37(51)53-35)25(13-9-19-7-10-21(39)11-8-19)44-33-28-5-3-15-49(28)36(50)32(30)33/h2,4,6-8,10-11,16-18,24,28,30,43-44H,3,5,9,12-15H2,1H3,(H,47,51)/t24-,28+,30?/m1/s1. The van der Waals surface area contributed by atoms with E-state index in [2.05, 4.69) is 20.8 Å². The summed E-state index contributed by atoms with van der Waals surface area (Å²) in [6.07, 6.45) is 1.49. The van der Waals surface area contributed by atoms with Gasteiger partial charge in [-0.05, 0) is 79.5 Å². The number of fused-ring (bicyclic) bond motifs is 4. The number of aromatic nitrogens is 4. The predicted molar refractivity (Wildman–Crippen MR) is 184 cm³/mol. The summed E-state index contributed by atoms with van der Waals surface area (Å²) in [6.45, 7) is 0.546. The molecule has 1 fully saturated rings. The lowest BCUT2D eigenvalue weighted by Gasteiger charge is -2.29. The summed E-state index contributed by atoms with van der Waals surface area (Å²) >= 11 is 0. The van der Waals surface area contributed by atoms with Gasteiger partial charge in [-0.15, -0.1) is 5.10 Å². The number of halogens is 4. The van der Waals surface area contributed by atoms with Crippen molar-refractivity contribution in [2.75, 3.05) is 19.0 Å². The lowest BCUT2D eigenvalue weighted by atomic mass is 9.81. The van der Waals surface area contributed by atoms with Crippen LogP contribution in [0, 0.1) is 5.82 Å². The van der Waals surface area contributed by atoms with Crippen molar-refractivity contribution in [3.63, 3.8) is 0 Å². The van der Waals surface area contributed by atoms with Gasteiger partial charge in [-0.1, -0.05) is 24.3 Å². The third-order valence-corrected chi connectivity index (χ3v) is 10.8. The number of ether oxygens (including phenoxy) is 1. The van der Waals surface area contributed by atoms with E-state index in [-0.39, 0.29) is 46.7 Å². The number of methoxy groups -OCH3 is 1. The van der Waals surface area contributed by atoms with Crippen LogP contribution in [0.1, 0.15) is 71.5 Å². The van der Waals surface area contributed by atoms with Gasteiger partial charge in [0.05, 0.1) is 47.6 Å². The van der Waals surface area contributed by atoms with Crippen LogP contribution in [0.25, 0.3) is 11.2 Å². The number of hydrogen-bond donors (Lipinski definition) is 3. The van der Waals surface area contributed by atoms with Crippen LogP contribution in [-0.4, -0.2) is 50.1 Å². The van der Waals surface area contributed by atoms with Crippen molar-refractivity contribution in [1.29, 1.82) is 0 Å². The van der Waals surface area contributed by atoms with Crippen molar-refractivity contribution in [3.8, 4) is 5.75 Å². The molecule has 53 heavy (non-hydrogen) atoms. The molecule has 0 saturated carbocycles. The number of imidazole rings is 1. The van der Waals surface area contributed by atoms with E-state index < -0.39 is 23.4 Å². The first kappa shape index (κ1) is 33.0. The molecule has 1 amide bonds. The summed E-state index contributed by atoms with van der Waals surface area (Å²) in [5, 5.41) is 13.3. The molecule has 3 aliphatic heterocycles. The highest BCUT2D eigenvalue weighted by atomic mass is 19.4. The summed E-state index contributed by atoms with van der Waals surface area (Å²) < 4.78 is 69.4. The summed E-state index contributed by atoms with van der Waals surface area (Å²) in [5.74, 6) is -1.70. The van der Waals surface area contributed by atoms with Gasteiger partial charge in [0, 0.05) is 35.9 Å². The number of amides is 1. The molecule has 6 heterocycles. The van der Waals surface area contributed by atoms with Gasteiger partial charge in [-0.3, -0.25) is 4.79 Å². The van der Waals surface area contributed by atoms with Gasteiger partial charge in [0.15, 0.2) is 5.65 Å². The fourth-order valence-corrected chi connectivity index (χ4v) is 8.42. The van der Waals surface area contributed by atoms with Crippen molar-refractivity contribution < 1.29 is 31.5 Å². The van der Waals surface area contributed by atoms with Crippen LogP contribution < -0.4 is 21.1 Å². The summed E-state index contributed by atoms with van der Waals surface area (Å²) in [4.78, 5) is 33.3. The Balaban J connectivity index is 1.21. The Labute approximate surface area is 299 Å². The molecule has 1 saturated heterocycles. The largest absolute Gasteiger partial charge is 0.496 e. The van der Waals surface area contributed by atoms with Gasteiger partial charge in [-0.25, -0.2) is 19.3 Å². The maximum atomic E-state index is 14.4. The molecule has 2 aromatic carbocycles. The highest BCUT2D eigenvalue weighted by molar-refractivity contribution is 6.03. The third-order valence-electron chi connectivity index (χ3n) is 10.8. The van der Waals surface area contributed by atoms with E-state index in [0.29, 0.717) is 54.8 Å². The predicted octanol–water partition coefficient (Wildman–Crippen LogP) is 6.27. The van der Waals surface area contributed by atoms with Gasteiger partial charge in [0.25, 0.3) is 5.91 Å². The number of H-pyrrole nitrogens is 1. The molecular weight excluding hydrogens is 694 g/mol. The number of allylic oxidation sites excluding steroid dienone is 2. The number of nitrogens with zero attached hydrogens (tertiary/aromatic N) is 4. The van der Waals surface area contributed by atoms with Crippen molar-refractivity contribution in [2.45, 2.75) is 62.7 Å². The van der Waals surface area contributed by atoms with Crippen molar-refractivity contribution in [1.82, 2.24) is 29.8 Å². The van der Waals surface area contributed by atoms with E-state index in [4.69, 9.17) is 14.1 Å². The van der Waals surface area contributed by atoms with Crippen molar-refractivity contribution in [2.24, 2.45) is 0 Å². The average Bonchev–Trinajstić information content (AvgIpc) is 3.98. The fraction of sp³-hybridized carbons (Fsp3) is 0.316. The Morgan fingerprint density at radius 2 is 1.89 bits per heavy atom. The van der Waals surface area contributed by atoms with Crippen LogP contribution in [0.3, 0.4) is 0 Å². The molecule has 11 nitrogen and oxygen atoms in total. The number of hydrogen-bond acceptors (Lipinski definition) is 8. The molecule has 0 bridgehead atoms.